The predicted molar refractivity (Wildman–Crippen MR) is 116 cm³/mol. The van der Waals surface area contributed by atoms with Crippen LogP contribution >= 0.6 is 11.3 Å². The van der Waals surface area contributed by atoms with Crippen molar-refractivity contribution in [3.63, 3.8) is 0 Å². The molecule has 2 aliphatic rings. The number of rotatable bonds is 7. The van der Waals surface area contributed by atoms with Crippen molar-refractivity contribution in [1.29, 1.82) is 0 Å². The highest BCUT2D eigenvalue weighted by molar-refractivity contribution is 7.15. The molecule has 1 unspecified atom stereocenters. The number of carbonyl (C=O) groups is 3. The van der Waals surface area contributed by atoms with E-state index in [0.717, 1.165) is 0 Å². The van der Waals surface area contributed by atoms with Crippen molar-refractivity contribution in [3.8, 4) is 0 Å². The topological polar surface area (TPSA) is 105 Å². The van der Waals surface area contributed by atoms with Gasteiger partial charge >= 0.3 is 0 Å². The summed E-state index contributed by atoms with van der Waals surface area (Å²) in [5.74, 6) is -0.544. The van der Waals surface area contributed by atoms with E-state index in [0.29, 0.717) is 40.3 Å². The Bertz CT molecular complexity index is 1020. The third kappa shape index (κ3) is 3.59. The van der Waals surface area contributed by atoms with Gasteiger partial charge < -0.3 is 9.64 Å². The maximum atomic E-state index is 13.7. The van der Waals surface area contributed by atoms with Gasteiger partial charge in [0.05, 0.1) is 11.3 Å². The summed E-state index contributed by atoms with van der Waals surface area (Å²) in [4.78, 5) is 43.2. The largest absolute Gasteiger partial charge is 0.377 e. The molecule has 10 heteroatoms. The van der Waals surface area contributed by atoms with Gasteiger partial charge in [0.2, 0.25) is 16.7 Å². The fourth-order valence-corrected chi connectivity index (χ4v) is 4.86. The zero-order valence-electron chi connectivity index (χ0n) is 17.8. The highest BCUT2D eigenvalue weighted by atomic mass is 32.1. The molecule has 0 aliphatic carbocycles. The highest BCUT2D eigenvalue weighted by Crippen LogP contribution is 2.45. The van der Waals surface area contributed by atoms with Gasteiger partial charge in [0.15, 0.2) is 0 Å². The minimum absolute atomic E-state index is 0.179. The number of nitrogens with one attached hydrogen (secondary N) is 1. The molecule has 1 aromatic heterocycles. The number of fused-ring (bicyclic) bond motifs is 3. The van der Waals surface area contributed by atoms with E-state index in [9.17, 15) is 14.4 Å². The van der Waals surface area contributed by atoms with E-state index in [2.05, 4.69) is 29.4 Å². The van der Waals surface area contributed by atoms with Crippen LogP contribution < -0.4 is 10.2 Å². The van der Waals surface area contributed by atoms with Gasteiger partial charge in [-0.25, -0.2) is 0 Å². The Morgan fingerprint density at radius 1 is 1.29 bits per heavy atom. The first-order valence-electron chi connectivity index (χ1n) is 10.2. The summed E-state index contributed by atoms with van der Waals surface area (Å²) in [5.41, 5.74) is -0.517. The second-order valence-electron chi connectivity index (χ2n) is 8.09. The zero-order valence-corrected chi connectivity index (χ0v) is 18.6. The number of hydrogen-bond donors (Lipinski definition) is 1. The Hall–Kier alpha value is -2.85. The molecule has 0 saturated carbocycles. The molecule has 9 nitrogen and oxygen atoms in total. The zero-order chi connectivity index (χ0) is 22.2. The molecule has 3 amide bonds. The van der Waals surface area contributed by atoms with Crippen molar-refractivity contribution in [3.05, 3.63) is 34.8 Å². The maximum absolute atomic E-state index is 13.7. The average molecular weight is 444 g/mol. The highest BCUT2D eigenvalue weighted by Gasteiger charge is 2.60. The summed E-state index contributed by atoms with van der Waals surface area (Å²) < 4.78 is 5.06. The minimum Gasteiger partial charge on any atom is -0.377 e. The molecule has 1 atom stereocenters. The molecule has 2 aliphatic heterocycles. The standard InChI is InChI=1S/C21H25N5O4S/c1-13(2)9-11-25-18(28)14-6-4-5-7-15(14)26-17(27)8-10-21(25,26)19(29)22-20-24-23-16(31-20)12-30-3/h4-7,13H,8-12H2,1-3H3,(H,22,24,29). The number of nitrogens with zero attached hydrogens (tertiary/aromatic N) is 4. The summed E-state index contributed by atoms with van der Waals surface area (Å²) in [5, 5.41) is 11.7. The third-order valence-corrected chi connectivity index (χ3v) is 6.43. The van der Waals surface area contributed by atoms with Crippen molar-refractivity contribution in [2.24, 2.45) is 5.92 Å². The Balaban J connectivity index is 1.76. The van der Waals surface area contributed by atoms with Gasteiger partial charge in [-0.15, -0.1) is 10.2 Å². The second-order valence-corrected chi connectivity index (χ2v) is 9.15. The van der Waals surface area contributed by atoms with Crippen LogP contribution in [0.1, 0.15) is 48.5 Å². The van der Waals surface area contributed by atoms with Crippen molar-refractivity contribution in [1.82, 2.24) is 15.1 Å². The fourth-order valence-electron chi connectivity index (χ4n) is 4.16. The van der Waals surface area contributed by atoms with Gasteiger partial charge in [-0.3, -0.25) is 24.6 Å². The summed E-state index contributed by atoms with van der Waals surface area (Å²) in [6.07, 6.45) is 1.11. The fraction of sp³-hybridized carbons (Fsp3) is 0.476. The molecular formula is C21H25N5O4S. The van der Waals surface area contributed by atoms with Crippen molar-refractivity contribution in [2.75, 3.05) is 23.9 Å². The quantitative estimate of drug-likeness (QED) is 0.705. The number of para-hydroxylation sites is 1. The summed E-state index contributed by atoms with van der Waals surface area (Å²) >= 11 is 1.20. The van der Waals surface area contributed by atoms with E-state index in [4.69, 9.17) is 4.74 Å². The second kappa shape index (κ2) is 8.35. The number of amides is 3. The molecule has 1 N–H and O–H groups in total. The van der Waals surface area contributed by atoms with E-state index < -0.39 is 11.6 Å². The normalized spacial score (nSPS) is 20.3. The number of carbonyl (C=O) groups excluding carboxylic acids is 3. The van der Waals surface area contributed by atoms with Crippen LogP contribution in [-0.4, -0.2) is 52.1 Å². The van der Waals surface area contributed by atoms with Crippen LogP contribution in [0.3, 0.4) is 0 Å². The molecule has 2 aromatic rings. The lowest BCUT2D eigenvalue weighted by Crippen LogP contribution is -2.69. The predicted octanol–water partition coefficient (Wildman–Crippen LogP) is 2.65. The van der Waals surface area contributed by atoms with Crippen molar-refractivity contribution >= 4 is 39.9 Å². The molecule has 31 heavy (non-hydrogen) atoms. The van der Waals surface area contributed by atoms with Crippen LogP contribution in [0, 0.1) is 5.92 Å². The van der Waals surface area contributed by atoms with Crippen molar-refractivity contribution < 1.29 is 19.1 Å². The molecule has 3 heterocycles. The van der Waals surface area contributed by atoms with Gasteiger partial charge in [0.1, 0.15) is 11.6 Å². The molecule has 0 spiro atoms. The molecule has 1 fully saturated rings. The maximum Gasteiger partial charge on any atom is 0.273 e. The van der Waals surface area contributed by atoms with Crippen LogP contribution in [0.4, 0.5) is 10.8 Å². The molecule has 164 valence electrons. The lowest BCUT2D eigenvalue weighted by Gasteiger charge is -2.49. The van der Waals surface area contributed by atoms with E-state index >= 15 is 0 Å². The average Bonchev–Trinajstić information content (AvgIpc) is 3.33. The SMILES string of the molecule is COCc1nnc(NC(=O)C23CCC(=O)N2c2ccccc2C(=O)N3CCC(C)C)s1. The summed E-state index contributed by atoms with van der Waals surface area (Å²) in [6, 6.07) is 6.96. The van der Waals surface area contributed by atoms with Gasteiger partial charge in [-0.1, -0.05) is 37.3 Å². The van der Waals surface area contributed by atoms with Crippen LogP contribution in [0.2, 0.25) is 0 Å². The van der Waals surface area contributed by atoms with E-state index in [1.165, 1.54) is 16.2 Å². The van der Waals surface area contributed by atoms with E-state index in [1.54, 1.807) is 36.3 Å². The van der Waals surface area contributed by atoms with Crippen LogP contribution in [0.5, 0.6) is 0 Å². The smallest absolute Gasteiger partial charge is 0.273 e. The summed E-state index contributed by atoms with van der Waals surface area (Å²) in [6.45, 7) is 4.78. The molecule has 0 bridgehead atoms. The van der Waals surface area contributed by atoms with Crippen LogP contribution in [0.25, 0.3) is 0 Å². The number of benzene rings is 1. The molecule has 0 radical (unpaired) electrons. The summed E-state index contributed by atoms with van der Waals surface area (Å²) in [7, 11) is 1.55. The molecule has 1 saturated heterocycles. The Kier molecular flexibility index (Phi) is 5.76. The lowest BCUT2D eigenvalue weighted by molar-refractivity contribution is -0.129. The number of ether oxygens (including phenoxy) is 1. The van der Waals surface area contributed by atoms with Gasteiger partial charge in [-0.05, 0) is 24.5 Å². The van der Waals surface area contributed by atoms with Crippen LogP contribution in [-0.2, 0) is 20.9 Å². The Morgan fingerprint density at radius 2 is 2.06 bits per heavy atom. The number of methoxy groups -OCH3 is 1. The number of hydrogen-bond acceptors (Lipinski definition) is 7. The Morgan fingerprint density at radius 3 is 2.81 bits per heavy atom. The molecular weight excluding hydrogens is 418 g/mol. The number of anilines is 2. The lowest BCUT2D eigenvalue weighted by atomic mass is 9.94. The third-order valence-electron chi connectivity index (χ3n) is 5.62. The monoisotopic (exact) mass is 443 g/mol. The van der Waals surface area contributed by atoms with Crippen LogP contribution in [0.15, 0.2) is 24.3 Å². The first kappa shape index (κ1) is 21.4. The van der Waals surface area contributed by atoms with Gasteiger partial charge in [-0.2, -0.15) is 0 Å². The van der Waals surface area contributed by atoms with Crippen molar-refractivity contribution in [2.45, 2.75) is 45.4 Å². The first-order valence-corrected chi connectivity index (χ1v) is 11.1. The van der Waals surface area contributed by atoms with E-state index in [-0.39, 0.29) is 31.3 Å². The van der Waals surface area contributed by atoms with E-state index in [1.807, 2.05) is 0 Å². The molecule has 4 rings (SSSR count). The Labute approximate surface area is 184 Å². The first-order chi connectivity index (χ1) is 14.9. The number of aromatic nitrogens is 2. The van der Waals surface area contributed by atoms with Gasteiger partial charge in [0, 0.05) is 26.5 Å². The van der Waals surface area contributed by atoms with Gasteiger partial charge in [0.25, 0.3) is 11.8 Å². The minimum atomic E-state index is -1.43. The molecule has 1 aromatic carbocycles.